The number of ether oxygens (including phenoxy) is 1. The number of amides is 2. The van der Waals surface area contributed by atoms with Crippen LogP contribution in [0.3, 0.4) is 0 Å². The Balaban J connectivity index is 1.90. The molecule has 2 aromatic carbocycles. The maximum atomic E-state index is 13.7. The predicted molar refractivity (Wildman–Crippen MR) is 94.4 cm³/mol. The molecule has 0 heterocycles. The van der Waals surface area contributed by atoms with Gasteiger partial charge in [0.2, 0.25) is 11.8 Å². The fraction of sp³-hybridized carbons (Fsp3) is 0.222. The predicted octanol–water partition coefficient (Wildman–Crippen LogP) is 3.13. The third-order valence-electron chi connectivity index (χ3n) is 3.51. The lowest BCUT2D eigenvalue weighted by atomic mass is 10.1. The summed E-state index contributed by atoms with van der Waals surface area (Å²) in [7, 11) is 2.89. The van der Waals surface area contributed by atoms with Gasteiger partial charge in [-0.15, -0.1) is 0 Å². The fourth-order valence-electron chi connectivity index (χ4n) is 2.17. The molecule has 0 bridgehead atoms. The Kier molecular flexibility index (Phi) is 6.36. The number of benzene rings is 2. The van der Waals surface area contributed by atoms with Gasteiger partial charge in [-0.2, -0.15) is 0 Å². The van der Waals surface area contributed by atoms with E-state index in [1.54, 1.807) is 30.3 Å². The van der Waals surface area contributed by atoms with Gasteiger partial charge >= 0.3 is 0 Å². The maximum absolute atomic E-state index is 13.7. The number of anilines is 1. The molecule has 2 amide bonds. The first-order valence-corrected chi connectivity index (χ1v) is 7.88. The summed E-state index contributed by atoms with van der Waals surface area (Å²) in [5.41, 5.74) is 1.10. The van der Waals surface area contributed by atoms with Gasteiger partial charge in [0.05, 0.1) is 20.1 Å². The Morgan fingerprint density at radius 1 is 1.20 bits per heavy atom. The maximum Gasteiger partial charge on any atom is 0.243 e. The summed E-state index contributed by atoms with van der Waals surface area (Å²) in [5.74, 6) is -1.04. The summed E-state index contributed by atoms with van der Waals surface area (Å²) in [6, 6.07) is 11.0. The van der Waals surface area contributed by atoms with E-state index in [1.165, 1.54) is 31.2 Å². The molecule has 0 atom stereocenters. The molecule has 7 heteroatoms. The molecule has 2 aromatic rings. The minimum absolute atomic E-state index is 0.00829. The third kappa shape index (κ3) is 5.46. The number of likely N-dealkylation sites (N-methyl/N-ethyl adjacent to an activating group) is 1. The van der Waals surface area contributed by atoms with E-state index in [0.717, 1.165) is 0 Å². The highest BCUT2D eigenvalue weighted by Crippen LogP contribution is 2.18. The van der Waals surface area contributed by atoms with E-state index in [0.29, 0.717) is 16.3 Å². The quantitative estimate of drug-likeness (QED) is 0.856. The Bertz CT molecular complexity index is 765. The largest absolute Gasteiger partial charge is 0.494 e. The van der Waals surface area contributed by atoms with Crippen LogP contribution in [-0.2, 0) is 16.0 Å². The van der Waals surface area contributed by atoms with E-state index < -0.39 is 5.82 Å². The first-order chi connectivity index (χ1) is 11.9. The van der Waals surface area contributed by atoms with E-state index in [2.05, 4.69) is 5.32 Å². The number of rotatable bonds is 6. The molecule has 0 unspecified atom stereocenters. The summed E-state index contributed by atoms with van der Waals surface area (Å²) < 4.78 is 18.5. The molecule has 0 aliphatic carbocycles. The minimum atomic E-state index is -0.532. The fourth-order valence-corrected chi connectivity index (χ4v) is 2.29. The highest BCUT2D eigenvalue weighted by Gasteiger charge is 2.15. The highest BCUT2D eigenvalue weighted by molar-refractivity contribution is 6.30. The molecule has 5 nitrogen and oxygen atoms in total. The standard InChI is InChI=1S/C18H18ClFN2O3/c1-22(11-17(23)21-14-6-4-13(19)5-7-14)18(24)10-12-3-8-16(25-2)15(20)9-12/h3-9H,10-11H2,1-2H3,(H,21,23). The van der Waals surface area contributed by atoms with Gasteiger partial charge < -0.3 is 15.0 Å². The normalized spacial score (nSPS) is 10.2. The van der Waals surface area contributed by atoms with Crippen LogP contribution in [0.4, 0.5) is 10.1 Å². The van der Waals surface area contributed by atoms with Gasteiger partial charge in [-0.05, 0) is 42.0 Å². The minimum Gasteiger partial charge on any atom is -0.494 e. The Morgan fingerprint density at radius 3 is 2.48 bits per heavy atom. The Morgan fingerprint density at radius 2 is 1.88 bits per heavy atom. The third-order valence-corrected chi connectivity index (χ3v) is 3.76. The molecular formula is C18H18ClFN2O3. The van der Waals surface area contributed by atoms with Crippen molar-refractivity contribution in [2.75, 3.05) is 26.0 Å². The van der Waals surface area contributed by atoms with Crippen LogP contribution in [0, 0.1) is 5.82 Å². The topological polar surface area (TPSA) is 58.6 Å². The zero-order valence-corrected chi connectivity index (χ0v) is 14.6. The van der Waals surface area contributed by atoms with Crippen LogP contribution in [0.15, 0.2) is 42.5 Å². The van der Waals surface area contributed by atoms with E-state index in [1.807, 2.05) is 0 Å². The van der Waals surface area contributed by atoms with E-state index >= 15 is 0 Å². The van der Waals surface area contributed by atoms with Gasteiger partial charge in [0, 0.05) is 17.8 Å². The molecular weight excluding hydrogens is 347 g/mol. The van der Waals surface area contributed by atoms with Crippen molar-refractivity contribution < 1.29 is 18.7 Å². The first-order valence-electron chi connectivity index (χ1n) is 7.51. The zero-order chi connectivity index (χ0) is 18.4. The van der Waals surface area contributed by atoms with Crippen LogP contribution < -0.4 is 10.1 Å². The molecule has 0 spiro atoms. The van der Waals surface area contributed by atoms with Gasteiger partial charge in [0.1, 0.15) is 0 Å². The van der Waals surface area contributed by atoms with Crippen LogP contribution in [0.5, 0.6) is 5.75 Å². The molecule has 0 saturated carbocycles. The van der Waals surface area contributed by atoms with Crippen molar-refractivity contribution in [2.24, 2.45) is 0 Å². The monoisotopic (exact) mass is 364 g/mol. The number of carbonyl (C=O) groups excluding carboxylic acids is 2. The lowest BCUT2D eigenvalue weighted by molar-refractivity contribution is -0.132. The summed E-state index contributed by atoms with van der Waals surface area (Å²) in [4.78, 5) is 25.5. The first kappa shape index (κ1) is 18.7. The van der Waals surface area contributed by atoms with Crippen LogP contribution in [0.2, 0.25) is 5.02 Å². The van der Waals surface area contributed by atoms with E-state index in [4.69, 9.17) is 16.3 Å². The lowest BCUT2D eigenvalue weighted by Gasteiger charge is -2.17. The molecule has 25 heavy (non-hydrogen) atoms. The SMILES string of the molecule is COc1ccc(CC(=O)N(C)CC(=O)Nc2ccc(Cl)cc2)cc1F. The van der Waals surface area contributed by atoms with E-state index in [9.17, 15) is 14.0 Å². The molecule has 1 N–H and O–H groups in total. The van der Waals surface area contributed by atoms with Gasteiger partial charge in [-0.25, -0.2) is 4.39 Å². The molecule has 0 radical (unpaired) electrons. The summed E-state index contributed by atoms with van der Waals surface area (Å²) >= 11 is 5.78. The average molecular weight is 365 g/mol. The lowest BCUT2D eigenvalue weighted by Crippen LogP contribution is -2.35. The number of halogens is 2. The number of carbonyl (C=O) groups is 2. The van der Waals surface area contributed by atoms with Crippen molar-refractivity contribution >= 4 is 29.1 Å². The number of nitrogens with zero attached hydrogens (tertiary/aromatic N) is 1. The molecule has 0 fully saturated rings. The smallest absolute Gasteiger partial charge is 0.243 e. The molecule has 0 aliphatic heterocycles. The van der Waals surface area contributed by atoms with Crippen molar-refractivity contribution in [3.63, 3.8) is 0 Å². The number of methoxy groups -OCH3 is 1. The van der Waals surface area contributed by atoms with Gasteiger partial charge in [-0.3, -0.25) is 9.59 Å². The van der Waals surface area contributed by atoms with Crippen LogP contribution in [0.1, 0.15) is 5.56 Å². The van der Waals surface area contributed by atoms with Crippen molar-refractivity contribution in [3.05, 3.63) is 58.9 Å². The summed E-state index contributed by atoms with van der Waals surface area (Å²) in [5, 5.41) is 3.24. The van der Waals surface area contributed by atoms with E-state index in [-0.39, 0.29) is 30.5 Å². The number of nitrogens with one attached hydrogen (secondary N) is 1. The van der Waals surface area contributed by atoms with Crippen molar-refractivity contribution in [2.45, 2.75) is 6.42 Å². The second-order valence-corrected chi connectivity index (χ2v) is 5.89. The average Bonchev–Trinajstić information content (AvgIpc) is 2.57. The van der Waals surface area contributed by atoms with Crippen LogP contribution in [0.25, 0.3) is 0 Å². The second-order valence-electron chi connectivity index (χ2n) is 5.45. The summed E-state index contributed by atoms with van der Waals surface area (Å²) in [6.07, 6.45) is -0.00829. The Labute approximate surface area is 150 Å². The molecule has 132 valence electrons. The second kappa shape index (κ2) is 8.48. The molecule has 0 aromatic heterocycles. The van der Waals surface area contributed by atoms with Gasteiger partial charge in [0.25, 0.3) is 0 Å². The number of hydrogen-bond donors (Lipinski definition) is 1. The molecule has 0 saturated heterocycles. The molecule has 0 aliphatic rings. The molecule has 2 rings (SSSR count). The van der Waals surface area contributed by atoms with Crippen molar-refractivity contribution in [1.29, 1.82) is 0 Å². The van der Waals surface area contributed by atoms with Gasteiger partial charge in [-0.1, -0.05) is 17.7 Å². The Hall–Kier alpha value is -2.60. The van der Waals surface area contributed by atoms with Crippen LogP contribution in [-0.4, -0.2) is 37.4 Å². The van der Waals surface area contributed by atoms with Crippen LogP contribution >= 0.6 is 11.6 Å². The summed E-state index contributed by atoms with van der Waals surface area (Å²) in [6.45, 7) is -0.111. The highest BCUT2D eigenvalue weighted by atomic mass is 35.5. The van der Waals surface area contributed by atoms with Crippen molar-refractivity contribution in [3.8, 4) is 5.75 Å². The van der Waals surface area contributed by atoms with Gasteiger partial charge in [0.15, 0.2) is 11.6 Å². The van der Waals surface area contributed by atoms with Crippen molar-refractivity contribution in [1.82, 2.24) is 4.90 Å². The zero-order valence-electron chi connectivity index (χ0n) is 13.9. The number of hydrogen-bond acceptors (Lipinski definition) is 3.